The Morgan fingerprint density at radius 2 is 0.746 bits per heavy atom. The second-order valence-corrected chi connectivity index (χ2v) is 33.0. The third kappa shape index (κ3) is 14.6. The molecule has 11 aromatic carbocycles. The van der Waals surface area contributed by atoms with Crippen LogP contribution >= 0.6 is 15.9 Å². The van der Waals surface area contributed by atoms with Gasteiger partial charge in [0.25, 0.3) is 0 Å². The number of rotatable bonds is 12. The Labute approximate surface area is 769 Å². The van der Waals surface area contributed by atoms with Crippen molar-refractivity contribution in [2.45, 2.75) is 6.92 Å². The smallest absolute Gasteiger partial charge is 0.159 e. The topological polar surface area (TPSA) is 335 Å². The monoisotopic (exact) mass is 1810 g/mol. The van der Waals surface area contributed by atoms with Gasteiger partial charge in [-0.05, 0) is 151 Å². The van der Waals surface area contributed by atoms with Crippen LogP contribution in [-0.4, -0.2) is 125 Å². The van der Waals surface area contributed by atoms with Gasteiger partial charge in [0.1, 0.15) is 46.0 Å². The number of ketones is 1. The molecular formula is C109H76BrN21O3. The van der Waals surface area contributed by atoms with E-state index in [9.17, 15) is 4.79 Å². The Hall–Kier alpha value is -18.1. The molecule has 0 spiro atoms. The molecule has 0 saturated carbocycles. The van der Waals surface area contributed by atoms with Crippen LogP contribution in [0.5, 0.6) is 11.5 Å². The van der Waals surface area contributed by atoms with Gasteiger partial charge in [0.15, 0.2) is 11.6 Å². The van der Waals surface area contributed by atoms with Gasteiger partial charge in [-0.15, -0.1) is 0 Å². The summed E-state index contributed by atoms with van der Waals surface area (Å²) in [5.41, 5.74) is 26.1. The Bertz CT molecular complexity index is 8590. The van der Waals surface area contributed by atoms with Crippen molar-refractivity contribution < 1.29 is 14.3 Å². The van der Waals surface area contributed by atoms with Gasteiger partial charge in [-0.2, -0.15) is 0 Å². The number of Topliss-reactive ketones (excluding diaryl/α,β-unsaturated/α-hetero) is 1. The van der Waals surface area contributed by atoms with Crippen molar-refractivity contribution in [2.75, 3.05) is 14.2 Å². The minimum absolute atomic E-state index is 0.0379. The molecule has 27 aromatic rings. The molecular weight excluding hydrogens is 1730 g/mol. The van der Waals surface area contributed by atoms with E-state index in [1.54, 1.807) is 45.9 Å². The number of pyridine rings is 6. The van der Waals surface area contributed by atoms with E-state index in [2.05, 4.69) is 211 Å². The van der Waals surface area contributed by atoms with Crippen molar-refractivity contribution >= 4 is 164 Å². The lowest BCUT2D eigenvalue weighted by molar-refractivity contribution is 0.101. The van der Waals surface area contributed by atoms with Gasteiger partial charge < -0.3 is 59.3 Å². The molecule has 0 bridgehead atoms. The van der Waals surface area contributed by atoms with Gasteiger partial charge in [0.05, 0.1) is 98.0 Å². The fourth-order valence-corrected chi connectivity index (χ4v) is 18.3. The average Bonchev–Trinajstić information content (AvgIpc) is 1.53. The molecule has 0 saturated heterocycles. The summed E-state index contributed by atoms with van der Waals surface area (Å²) < 4.78 is 11.9. The Balaban J connectivity index is 0.0000000949. The molecule has 27 rings (SSSR count). The number of nitrogens with zero attached hydrogens (tertiary/aromatic N) is 11. The molecule has 25 heteroatoms. The number of para-hydroxylation sites is 2. The van der Waals surface area contributed by atoms with Crippen LogP contribution in [0.2, 0.25) is 0 Å². The van der Waals surface area contributed by atoms with Gasteiger partial charge in [-0.25, -0.2) is 24.9 Å². The van der Waals surface area contributed by atoms with Crippen molar-refractivity contribution in [1.29, 1.82) is 0 Å². The molecule has 642 valence electrons. The fourth-order valence-electron chi connectivity index (χ4n) is 17.9. The third-order valence-corrected chi connectivity index (χ3v) is 24.7. The van der Waals surface area contributed by atoms with Crippen LogP contribution in [0.4, 0.5) is 0 Å². The number of carbonyl (C=O) groups is 1. The number of halogens is 1. The molecule has 0 aliphatic carbocycles. The number of aromatic amines is 10. The van der Waals surface area contributed by atoms with Gasteiger partial charge in [-0.3, -0.25) is 34.7 Å². The number of imidazole rings is 5. The highest BCUT2D eigenvalue weighted by molar-refractivity contribution is 9.10. The van der Waals surface area contributed by atoms with E-state index in [4.69, 9.17) is 34.4 Å². The zero-order chi connectivity index (χ0) is 89.9. The molecule has 10 N–H and O–H groups in total. The SMILES string of the molecule is CC(=O)c1ccc2c(-c3nc(-c4ccccn4)c(-c4ccccn4)[nH]3)c[nH]c2c1.COc1cccc(-c2nc(-c3c[nH]c4ccc(Br)cc34)[nH]c2-c2cccc(OC)c2)c1.c1c[nH]c(-c2nc3c4ccccc4c4ccccc4c3[nH]2)c1.c1ccc2c(-c3nc4c5cccnc5c5ncccc5c4[nH]3)c[nH]c2c1.c1ccc2c(-c3nc4c5ncccc5c5cccnc5c4[nH]3)c[nH]c2c1. The Morgan fingerprint density at radius 1 is 0.291 bits per heavy atom. The summed E-state index contributed by atoms with van der Waals surface area (Å²) in [6, 6.07) is 92.8. The van der Waals surface area contributed by atoms with Crippen molar-refractivity contribution in [1.82, 2.24) is 105 Å². The van der Waals surface area contributed by atoms with Gasteiger partial charge in [-0.1, -0.05) is 162 Å². The summed E-state index contributed by atoms with van der Waals surface area (Å²) >= 11 is 3.58. The molecule has 0 atom stereocenters. The van der Waals surface area contributed by atoms with E-state index >= 15 is 0 Å². The average molecular weight is 1810 g/mol. The molecule has 16 heterocycles. The first-order valence-corrected chi connectivity index (χ1v) is 44.2. The zero-order valence-electron chi connectivity index (χ0n) is 71.9. The molecule has 134 heavy (non-hydrogen) atoms. The Morgan fingerprint density at radius 3 is 1.39 bits per heavy atom. The number of carbonyl (C=O) groups excluding carboxylic acids is 1. The van der Waals surface area contributed by atoms with Crippen LogP contribution in [0.25, 0.3) is 244 Å². The molecule has 0 aliphatic heterocycles. The zero-order valence-corrected chi connectivity index (χ0v) is 73.5. The molecule has 16 aromatic heterocycles. The lowest BCUT2D eigenvalue weighted by atomic mass is 10.0. The number of hydrogen-bond donors (Lipinski definition) is 10. The number of hydrogen-bond acceptors (Lipinski definition) is 14. The second-order valence-electron chi connectivity index (χ2n) is 32.1. The molecule has 0 amide bonds. The van der Waals surface area contributed by atoms with Crippen LogP contribution in [0.15, 0.2) is 352 Å². The van der Waals surface area contributed by atoms with Crippen LogP contribution in [-0.2, 0) is 0 Å². The van der Waals surface area contributed by atoms with Crippen LogP contribution in [0, 0.1) is 0 Å². The lowest BCUT2D eigenvalue weighted by Crippen LogP contribution is -1.90. The van der Waals surface area contributed by atoms with E-state index in [-0.39, 0.29) is 5.78 Å². The van der Waals surface area contributed by atoms with Crippen molar-refractivity contribution in [2.24, 2.45) is 0 Å². The van der Waals surface area contributed by atoms with Crippen molar-refractivity contribution in [3.8, 4) is 114 Å². The molecule has 0 unspecified atom stereocenters. The summed E-state index contributed by atoms with van der Waals surface area (Å²) in [7, 11) is 3.34. The Kier molecular flexibility index (Phi) is 20.5. The highest BCUT2D eigenvalue weighted by Crippen LogP contribution is 2.43. The number of methoxy groups -OCH3 is 2. The number of H-pyrrole nitrogens is 10. The minimum Gasteiger partial charge on any atom is -0.497 e. The first-order valence-electron chi connectivity index (χ1n) is 43.4. The maximum Gasteiger partial charge on any atom is 0.159 e. The predicted molar refractivity (Wildman–Crippen MR) is 539 cm³/mol. The first-order chi connectivity index (χ1) is 66.1. The number of fused-ring (bicyclic) bond motifs is 22. The second kappa shape index (κ2) is 34.2. The summed E-state index contributed by atoms with van der Waals surface area (Å²) in [5.74, 6) is 5.67. The summed E-state index contributed by atoms with van der Waals surface area (Å²) in [4.78, 5) is 97.5. The van der Waals surface area contributed by atoms with Crippen LogP contribution < -0.4 is 9.47 Å². The van der Waals surface area contributed by atoms with E-state index in [0.717, 1.165) is 233 Å². The summed E-state index contributed by atoms with van der Waals surface area (Å²) in [6.07, 6.45) is 20.5. The first kappa shape index (κ1) is 80.5. The molecule has 0 fully saturated rings. The highest BCUT2D eigenvalue weighted by Gasteiger charge is 2.25. The maximum atomic E-state index is 11.7. The van der Waals surface area contributed by atoms with Crippen LogP contribution in [0.1, 0.15) is 17.3 Å². The number of ether oxygens (including phenoxy) is 2. The van der Waals surface area contributed by atoms with Gasteiger partial charge in [0, 0.05) is 188 Å². The summed E-state index contributed by atoms with van der Waals surface area (Å²) in [6.45, 7) is 1.57. The van der Waals surface area contributed by atoms with Gasteiger partial charge >= 0.3 is 0 Å². The van der Waals surface area contributed by atoms with E-state index in [1.807, 2.05) is 207 Å². The standard InChI is InChI=1S/C25H20BrN3O2.C23H17N5O.2C21H13N5.C19H13N3/c1-30-18-7-3-5-15(11-18)23-24(16-6-4-8-19(12-16)31-2)29-25(28-23)21-14-27-22-10-9-17(26)13-20(21)22;1-14(29)15-8-9-16-17(13-26-20(16)12-15)23-27-21(18-6-2-4-10-24-18)22(28-23)19-7-3-5-11-25-19;1-2-8-16-12(5-1)15(11-24-16)21-25-19-13-6-3-9-22-17(13)18-14(20(19)26-21)7-4-10-23-18;1-2-8-16-12(5-1)15(11-24-16)21-25-19-17-13(6-3-9-22-17)14-7-4-10-23-18(14)20(19)26-21;1-3-8-14-12(6-1)13-7-2-4-9-15(13)18-17(14)21-19(22-18)16-10-5-11-20-16/h3-14,27H,1-2H3,(H,28,29);2-13,26H,1H3,(H,27,28);2*1-11,24H,(H,25,26);1-11,20H,(H,21,22). The molecule has 0 radical (unpaired) electrons. The maximum absolute atomic E-state index is 11.7. The molecule has 24 nitrogen and oxygen atoms in total. The number of nitrogens with one attached hydrogen (secondary N) is 10. The number of aromatic nitrogens is 21. The normalized spacial score (nSPS) is 11.5. The van der Waals surface area contributed by atoms with E-state index in [1.165, 1.54) is 21.5 Å². The minimum atomic E-state index is 0.0379. The largest absolute Gasteiger partial charge is 0.497 e. The quantitative estimate of drug-likeness (QED) is 0.0402. The third-order valence-electron chi connectivity index (χ3n) is 24.2. The van der Waals surface area contributed by atoms with Crippen LogP contribution in [0.3, 0.4) is 0 Å². The fraction of sp³-hybridized carbons (Fsp3) is 0.0275. The van der Waals surface area contributed by atoms with E-state index < -0.39 is 0 Å². The predicted octanol–water partition coefficient (Wildman–Crippen LogP) is 26.0. The van der Waals surface area contributed by atoms with Crippen molar-refractivity contribution in [3.63, 3.8) is 0 Å². The highest BCUT2D eigenvalue weighted by atomic mass is 79.9. The van der Waals surface area contributed by atoms with E-state index in [0.29, 0.717) is 11.4 Å². The lowest BCUT2D eigenvalue weighted by Gasteiger charge is -2.07. The number of benzene rings is 11. The van der Waals surface area contributed by atoms with Crippen molar-refractivity contribution in [3.05, 3.63) is 357 Å². The van der Waals surface area contributed by atoms with Gasteiger partial charge in [0.2, 0.25) is 0 Å². The summed E-state index contributed by atoms with van der Waals surface area (Å²) in [5, 5.41) is 13.5. The molecule has 0 aliphatic rings.